The van der Waals surface area contributed by atoms with Crippen molar-refractivity contribution in [3.8, 4) is 0 Å². The summed E-state index contributed by atoms with van der Waals surface area (Å²) in [6.07, 6.45) is 4.95. The Morgan fingerprint density at radius 3 is 1.73 bits per heavy atom. The summed E-state index contributed by atoms with van der Waals surface area (Å²) in [6, 6.07) is -0.443. The Morgan fingerprint density at radius 1 is 0.833 bits per heavy atom. The Labute approximate surface area is 180 Å². The molecule has 1 rings (SSSR count). The molecular formula is C22H41NO7. The SMILES string of the molecule is CCCCCOC(=O)C1CC(O)C(N(CCO)CCO)CC1C(=O)OCCCCC. The van der Waals surface area contributed by atoms with E-state index in [1.807, 2.05) is 0 Å². The Balaban J connectivity index is 2.88. The van der Waals surface area contributed by atoms with Gasteiger partial charge in [0.2, 0.25) is 0 Å². The second-order valence-electron chi connectivity index (χ2n) is 8.05. The highest BCUT2D eigenvalue weighted by atomic mass is 16.5. The van der Waals surface area contributed by atoms with E-state index in [4.69, 9.17) is 9.47 Å². The second-order valence-corrected chi connectivity index (χ2v) is 8.05. The van der Waals surface area contributed by atoms with Gasteiger partial charge in [0.15, 0.2) is 0 Å². The normalized spacial score (nSPS) is 24.1. The van der Waals surface area contributed by atoms with Crippen molar-refractivity contribution < 1.29 is 34.4 Å². The lowest BCUT2D eigenvalue weighted by atomic mass is 9.74. The van der Waals surface area contributed by atoms with Crippen LogP contribution in [0.25, 0.3) is 0 Å². The fourth-order valence-electron chi connectivity index (χ4n) is 4.04. The molecule has 0 aromatic heterocycles. The van der Waals surface area contributed by atoms with Crippen LogP contribution in [0.2, 0.25) is 0 Å². The van der Waals surface area contributed by atoms with E-state index in [0.29, 0.717) is 13.2 Å². The van der Waals surface area contributed by atoms with Crippen molar-refractivity contribution >= 4 is 11.9 Å². The highest BCUT2D eigenvalue weighted by molar-refractivity contribution is 5.82. The zero-order valence-electron chi connectivity index (χ0n) is 18.6. The monoisotopic (exact) mass is 431 g/mol. The molecule has 4 unspecified atom stereocenters. The van der Waals surface area contributed by atoms with E-state index < -0.39 is 35.9 Å². The summed E-state index contributed by atoms with van der Waals surface area (Å²) in [5.74, 6) is -2.36. The van der Waals surface area contributed by atoms with Gasteiger partial charge in [-0.2, -0.15) is 0 Å². The standard InChI is InChI=1S/C22H41NO7/c1-3-5-7-13-29-21(27)17-15-19(23(9-11-24)10-12-25)20(26)16-18(17)22(28)30-14-8-6-4-2/h17-20,24-26H,3-16H2,1-2H3. The first-order valence-electron chi connectivity index (χ1n) is 11.5. The van der Waals surface area contributed by atoms with Crippen LogP contribution < -0.4 is 0 Å². The molecule has 0 radical (unpaired) electrons. The van der Waals surface area contributed by atoms with Crippen molar-refractivity contribution in [2.75, 3.05) is 39.5 Å². The van der Waals surface area contributed by atoms with E-state index in [0.717, 1.165) is 38.5 Å². The number of aliphatic hydroxyl groups excluding tert-OH is 3. The van der Waals surface area contributed by atoms with E-state index in [2.05, 4.69) is 13.8 Å². The van der Waals surface area contributed by atoms with Gasteiger partial charge in [0.1, 0.15) is 0 Å². The lowest BCUT2D eigenvalue weighted by Crippen LogP contribution is -2.54. The Bertz CT molecular complexity index is 482. The van der Waals surface area contributed by atoms with E-state index in [-0.39, 0.29) is 39.1 Å². The van der Waals surface area contributed by atoms with Crippen molar-refractivity contribution in [2.45, 2.75) is 77.4 Å². The largest absolute Gasteiger partial charge is 0.465 e. The number of hydrogen-bond acceptors (Lipinski definition) is 8. The number of carbonyl (C=O) groups is 2. The molecule has 1 fully saturated rings. The average Bonchev–Trinajstić information content (AvgIpc) is 2.73. The summed E-state index contributed by atoms with van der Waals surface area (Å²) >= 11 is 0. The van der Waals surface area contributed by atoms with E-state index in [9.17, 15) is 24.9 Å². The zero-order chi connectivity index (χ0) is 22.4. The van der Waals surface area contributed by atoms with Crippen molar-refractivity contribution in [2.24, 2.45) is 11.8 Å². The zero-order valence-corrected chi connectivity index (χ0v) is 18.6. The third-order valence-electron chi connectivity index (χ3n) is 5.75. The number of hydrogen-bond donors (Lipinski definition) is 3. The van der Waals surface area contributed by atoms with Gasteiger partial charge in [0.05, 0.1) is 44.4 Å². The molecule has 0 bridgehead atoms. The molecule has 4 atom stereocenters. The molecular weight excluding hydrogens is 390 g/mol. The van der Waals surface area contributed by atoms with Crippen LogP contribution in [-0.2, 0) is 19.1 Å². The molecule has 0 heterocycles. The first kappa shape index (κ1) is 26.8. The molecule has 0 spiro atoms. The van der Waals surface area contributed by atoms with Crippen LogP contribution >= 0.6 is 0 Å². The molecule has 3 N–H and O–H groups in total. The van der Waals surface area contributed by atoms with Gasteiger partial charge in [0, 0.05) is 19.1 Å². The lowest BCUT2D eigenvalue weighted by Gasteiger charge is -2.42. The van der Waals surface area contributed by atoms with Gasteiger partial charge in [-0.05, 0) is 25.7 Å². The maximum atomic E-state index is 12.8. The van der Waals surface area contributed by atoms with E-state index >= 15 is 0 Å². The Hall–Kier alpha value is -1.22. The second kappa shape index (κ2) is 15.6. The van der Waals surface area contributed by atoms with Gasteiger partial charge in [0.25, 0.3) is 0 Å². The highest BCUT2D eigenvalue weighted by Crippen LogP contribution is 2.35. The average molecular weight is 432 g/mol. The van der Waals surface area contributed by atoms with E-state index in [1.54, 1.807) is 4.90 Å². The van der Waals surface area contributed by atoms with Crippen molar-refractivity contribution in [3.05, 3.63) is 0 Å². The maximum Gasteiger partial charge on any atom is 0.309 e. The van der Waals surface area contributed by atoms with Gasteiger partial charge < -0.3 is 24.8 Å². The van der Waals surface area contributed by atoms with Crippen LogP contribution in [0.3, 0.4) is 0 Å². The van der Waals surface area contributed by atoms with Crippen LogP contribution in [0, 0.1) is 11.8 Å². The van der Waals surface area contributed by atoms with Crippen molar-refractivity contribution in [1.29, 1.82) is 0 Å². The molecule has 1 aliphatic rings. The summed E-state index contributed by atoms with van der Waals surface area (Å²) < 4.78 is 10.8. The van der Waals surface area contributed by atoms with Gasteiger partial charge in [-0.25, -0.2) is 0 Å². The van der Waals surface area contributed by atoms with Gasteiger partial charge >= 0.3 is 11.9 Å². The number of rotatable bonds is 15. The summed E-state index contributed by atoms with van der Waals surface area (Å²) in [6.45, 7) is 5.04. The molecule has 0 aromatic rings. The minimum Gasteiger partial charge on any atom is -0.465 e. The number of esters is 2. The molecule has 0 saturated heterocycles. The van der Waals surface area contributed by atoms with Gasteiger partial charge in [-0.1, -0.05) is 39.5 Å². The van der Waals surface area contributed by atoms with Gasteiger partial charge in [-0.15, -0.1) is 0 Å². The smallest absolute Gasteiger partial charge is 0.309 e. The number of aliphatic hydroxyl groups is 3. The Kier molecular flexibility index (Phi) is 13.9. The van der Waals surface area contributed by atoms with Crippen LogP contribution in [-0.4, -0.2) is 83.8 Å². The van der Waals surface area contributed by atoms with Crippen molar-refractivity contribution in [3.63, 3.8) is 0 Å². The van der Waals surface area contributed by atoms with E-state index in [1.165, 1.54) is 0 Å². The molecule has 30 heavy (non-hydrogen) atoms. The quantitative estimate of drug-likeness (QED) is 0.264. The molecule has 1 saturated carbocycles. The first-order valence-corrected chi connectivity index (χ1v) is 11.5. The third-order valence-corrected chi connectivity index (χ3v) is 5.75. The van der Waals surface area contributed by atoms with Gasteiger partial charge in [-0.3, -0.25) is 14.5 Å². The minimum absolute atomic E-state index is 0.0966. The fourth-order valence-corrected chi connectivity index (χ4v) is 4.04. The predicted octanol–water partition coefficient (Wildman–Crippen LogP) is 1.50. The summed E-state index contributed by atoms with van der Waals surface area (Å²) in [5, 5.41) is 29.4. The highest BCUT2D eigenvalue weighted by Gasteiger charge is 2.46. The number of ether oxygens (including phenoxy) is 2. The first-order chi connectivity index (χ1) is 14.5. The maximum absolute atomic E-state index is 12.8. The molecule has 8 heteroatoms. The molecule has 0 aliphatic heterocycles. The number of carbonyl (C=O) groups excluding carboxylic acids is 2. The molecule has 0 amide bonds. The number of unbranched alkanes of at least 4 members (excludes halogenated alkanes) is 4. The predicted molar refractivity (Wildman–Crippen MR) is 113 cm³/mol. The lowest BCUT2D eigenvalue weighted by molar-refractivity contribution is -0.168. The van der Waals surface area contributed by atoms with Crippen LogP contribution in [0.5, 0.6) is 0 Å². The number of nitrogens with zero attached hydrogens (tertiary/aromatic N) is 1. The molecule has 1 aliphatic carbocycles. The van der Waals surface area contributed by atoms with Crippen LogP contribution in [0.15, 0.2) is 0 Å². The topological polar surface area (TPSA) is 117 Å². The van der Waals surface area contributed by atoms with Crippen LogP contribution in [0.4, 0.5) is 0 Å². The van der Waals surface area contributed by atoms with Crippen molar-refractivity contribution in [1.82, 2.24) is 4.90 Å². The Morgan fingerprint density at radius 2 is 1.30 bits per heavy atom. The molecule has 176 valence electrons. The van der Waals surface area contributed by atoms with Crippen LogP contribution in [0.1, 0.15) is 65.2 Å². The summed E-state index contributed by atoms with van der Waals surface area (Å²) in [7, 11) is 0. The fraction of sp³-hybridized carbons (Fsp3) is 0.909. The summed E-state index contributed by atoms with van der Waals surface area (Å²) in [4.78, 5) is 27.3. The third kappa shape index (κ3) is 8.88. The molecule has 0 aromatic carbocycles. The minimum atomic E-state index is -0.861. The molecule has 8 nitrogen and oxygen atoms in total. The summed E-state index contributed by atoms with van der Waals surface area (Å²) in [5.41, 5.74) is 0.